The standard InChI is InChI=1S/C23H29IN2O5/c1-4-29-20-12-16(11-18(24)22(20)31-14-21(27)30-5-2)10-17(13-25)23(28)26-19-9-7-6-8-15(19)3/h10-12,15,19H,4-9,14H2,1-3H3,(H,26,28)/b17-10+/t15-,19-/m0/s1. The maximum Gasteiger partial charge on any atom is 0.344 e. The number of carbonyl (C=O) groups excluding carboxylic acids is 2. The van der Waals surface area contributed by atoms with E-state index in [0.29, 0.717) is 33.2 Å². The van der Waals surface area contributed by atoms with E-state index in [2.05, 4.69) is 34.8 Å². The summed E-state index contributed by atoms with van der Waals surface area (Å²) in [5, 5.41) is 12.6. The predicted molar refractivity (Wildman–Crippen MR) is 126 cm³/mol. The first-order chi connectivity index (χ1) is 14.9. The summed E-state index contributed by atoms with van der Waals surface area (Å²) in [6, 6.07) is 5.57. The molecule has 0 saturated heterocycles. The topological polar surface area (TPSA) is 97.7 Å². The van der Waals surface area contributed by atoms with Crippen LogP contribution in [-0.4, -0.2) is 37.7 Å². The van der Waals surface area contributed by atoms with Crippen molar-refractivity contribution in [1.29, 1.82) is 5.26 Å². The van der Waals surface area contributed by atoms with Gasteiger partial charge in [0.2, 0.25) is 0 Å². The second kappa shape index (κ2) is 12.5. The van der Waals surface area contributed by atoms with Crippen LogP contribution in [0.25, 0.3) is 6.08 Å². The summed E-state index contributed by atoms with van der Waals surface area (Å²) in [6.07, 6.45) is 5.83. The Morgan fingerprint density at radius 1 is 1.23 bits per heavy atom. The highest BCUT2D eigenvalue weighted by Gasteiger charge is 2.24. The molecule has 0 heterocycles. The van der Waals surface area contributed by atoms with Gasteiger partial charge in [0.25, 0.3) is 5.91 Å². The molecule has 0 radical (unpaired) electrons. The summed E-state index contributed by atoms with van der Waals surface area (Å²) in [5.41, 5.74) is 0.677. The summed E-state index contributed by atoms with van der Waals surface area (Å²) in [4.78, 5) is 24.3. The zero-order valence-corrected chi connectivity index (χ0v) is 20.4. The molecule has 0 spiro atoms. The van der Waals surface area contributed by atoms with Crippen LogP contribution in [0.4, 0.5) is 0 Å². The average molecular weight is 540 g/mol. The number of carbonyl (C=O) groups is 2. The second-order valence-corrected chi connectivity index (χ2v) is 8.53. The number of esters is 1. The van der Waals surface area contributed by atoms with E-state index < -0.39 is 5.97 Å². The molecule has 2 rings (SSSR count). The first-order valence-corrected chi connectivity index (χ1v) is 11.6. The van der Waals surface area contributed by atoms with Crippen LogP contribution in [-0.2, 0) is 14.3 Å². The van der Waals surface area contributed by atoms with Gasteiger partial charge in [-0.2, -0.15) is 5.26 Å². The highest BCUT2D eigenvalue weighted by molar-refractivity contribution is 14.1. The molecule has 1 N–H and O–H groups in total. The molecular formula is C23H29IN2O5. The molecule has 0 unspecified atom stereocenters. The number of hydrogen-bond acceptors (Lipinski definition) is 6. The van der Waals surface area contributed by atoms with Crippen molar-refractivity contribution in [2.75, 3.05) is 19.8 Å². The van der Waals surface area contributed by atoms with Crippen LogP contribution in [0.1, 0.15) is 52.0 Å². The largest absolute Gasteiger partial charge is 0.490 e. The van der Waals surface area contributed by atoms with E-state index in [1.54, 1.807) is 25.1 Å². The highest BCUT2D eigenvalue weighted by Crippen LogP contribution is 2.35. The molecule has 8 heteroatoms. The minimum atomic E-state index is -0.468. The Hall–Kier alpha value is -2.28. The number of ether oxygens (including phenoxy) is 3. The summed E-state index contributed by atoms with van der Waals surface area (Å²) in [7, 11) is 0. The van der Waals surface area contributed by atoms with E-state index in [4.69, 9.17) is 14.2 Å². The van der Waals surface area contributed by atoms with E-state index in [1.165, 1.54) is 6.42 Å². The molecule has 1 saturated carbocycles. The molecule has 2 atom stereocenters. The number of benzene rings is 1. The molecule has 31 heavy (non-hydrogen) atoms. The monoisotopic (exact) mass is 540 g/mol. The zero-order valence-electron chi connectivity index (χ0n) is 18.2. The van der Waals surface area contributed by atoms with Crippen molar-refractivity contribution < 1.29 is 23.8 Å². The van der Waals surface area contributed by atoms with Gasteiger partial charge in [-0.3, -0.25) is 4.79 Å². The van der Waals surface area contributed by atoms with Crippen molar-refractivity contribution in [3.63, 3.8) is 0 Å². The lowest BCUT2D eigenvalue weighted by Gasteiger charge is -2.29. The van der Waals surface area contributed by atoms with Crippen LogP contribution in [0.2, 0.25) is 0 Å². The van der Waals surface area contributed by atoms with Gasteiger partial charge in [-0.15, -0.1) is 0 Å². The van der Waals surface area contributed by atoms with E-state index in [0.717, 1.165) is 19.3 Å². The summed E-state index contributed by atoms with van der Waals surface area (Å²) in [5.74, 6) is 0.427. The van der Waals surface area contributed by atoms with Crippen molar-refractivity contribution in [3.05, 3.63) is 26.8 Å². The SMILES string of the molecule is CCOC(=O)COc1c(I)cc(/C=C(\C#N)C(=O)N[C@H]2CCCC[C@@H]2C)cc1OCC. The minimum Gasteiger partial charge on any atom is -0.490 e. The number of nitriles is 1. The van der Waals surface area contributed by atoms with Crippen LogP contribution in [0.3, 0.4) is 0 Å². The van der Waals surface area contributed by atoms with Crippen molar-refractivity contribution in [3.8, 4) is 17.6 Å². The minimum absolute atomic E-state index is 0.0382. The zero-order chi connectivity index (χ0) is 22.8. The van der Waals surface area contributed by atoms with Gasteiger partial charge in [-0.25, -0.2) is 4.79 Å². The van der Waals surface area contributed by atoms with Gasteiger partial charge in [-0.1, -0.05) is 19.8 Å². The fraction of sp³-hybridized carbons (Fsp3) is 0.522. The first kappa shape index (κ1) is 25.0. The number of amides is 1. The third-order valence-corrected chi connectivity index (χ3v) is 5.88. The fourth-order valence-electron chi connectivity index (χ4n) is 3.50. The van der Waals surface area contributed by atoms with Crippen LogP contribution in [0.15, 0.2) is 17.7 Å². The summed E-state index contributed by atoms with van der Waals surface area (Å²) in [6.45, 7) is 6.14. The molecule has 1 aliphatic rings. The van der Waals surface area contributed by atoms with Gasteiger partial charge in [0, 0.05) is 6.04 Å². The van der Waals surface area contributed by atoms with E-state index in [-0.39, 0.29) is 30.7 Å². The van der Waals surface area contributed by atoms with Crippen LogP contribution in [0.5, 0.6) is 11.5 Å². The maximum absolute atomic E-state index is 12.7. The first-order valence-electron chi connectivity index (χ1n) is 10.6. The van der Waals surface area contributed by atoms with Crippen molar-refractivity contribution >= 4 is 40.5 Å². The molecule has 1 fully saturated rings. The van der Waals surface area contributed by atoms with Gasteiger partial charge in [-0.05, 0) is 79.0 Å². The van der Waals surface area contributed by atoms with Crippen molar-refractivity contribution in [2.45, 2.75) is 52.5 Å². The molecule has 1 aromatic rings. The predicted octanol–water partition coefficient (Wildman–Crippen LogP) is 4.23. The Kier molecular flexibility index (Phi) is 10.1. The fourth-order valence-corrected chi connectivity index (χ4v) is 4.28. The lowest BCUT2D eigenvalue weighted by atomic mass is 9.86. The normalized spacial score (nSPS) is 18.6. The van der Waals surface area contributed by atoms with Gasteiger partial charge in [0.15, 0.2) is 18.1 Å². The van der Waals surface area contributed by atoms with Gasteiger partial charge >= 0.3 is 5.97 Å². The smallest absolute Gasteiger partial charge is 0.344 e. The summed E-state index contributed by atoms with van der Waals surface area (Å²) < 4.78 is 16.9. The molecule has 0 aliphatic heterocycles. The quantitative estimate of drug-likeness (QED) is 0.218. The Labute approximate surface area is 197 Å². The van der Waals surface area contributed by atoms with Gasteiger partial charge in [0.1, 0.15) is 11.6 Å². The van der Waals surface area contributed by atoms with Gasteiger partial charge in [0.05, 0.1) is 16.8 Å². The van der Waals surface area contributed by atoms with E-state index >= 15 is 0 Å². The average Bonchev–Trinajstić information content (AvgIpc) is 2.73. The van der Waals surface area contributed by atoms with Crippen LogP contribution >= 0.6 is 22.6 Å². The van der Waals surface area contributed by atoms with E-state index in [9.17, 15) is 14.9 Å². The van der Waals surface area contributed by atoms with Crippen LogP contribution in [0, 0.1) is 20.8 Å². The molecule has 0 aromatic heterocycles. The molecular weight excluding hydrogens is 511 g/mol. The summed E-state index contributed by atoms with van der Waals surface area (Å²) >= 11 is 2.07. The lowest BCUT2D eigenvalue weighted by Crippen LogP contribution is -2.41. The number of halogens is 1. The molecule has 168 valence electrons. The highest BCUT2D eigenvalue weighted by atomic mass is 127. The van der Waals surface area contributed by atoms with Crippen molar-refractivity contribution in [1.82, 2.24) is 5.32 Å². The Balaban J connectivity index is 2.22. The number of rotatable bonds is 9. The lowest BCUT2D eigenvalue weighted by molar-refractivity contribution is -0.145. The second-order valence-electron chi connectivity index (χ2n) is 7.37. The Morgan fingerprint density at radius 2 is 1.97 bits per heavy atom. The van der Waals surface area contributed by atoms with E-state index in [1.807, 2.05) is 13.0 Å². The Bertz CT molecular complexity index is 862. The number of nitrogens with zero attached hydrogens (tertiary/aromatic N) is 1. The third-order valence-electron chi connectivity index (χ3n) is 5.08. The van der Waals surface area contributed by atoms with Crippen molar-refractivity contribution in [2.24, 2.45) is 5.92 Å². The maximum atomic E-state index is 12.7. The number of hydrogen-bond donors (Lipinski definition) is 1. The molecule has 1 aliphatic carbocycles. The molecule has 1 amide bonds. The Morgan fingerprint density at radius 3 is 2.61 bits per heavy atom. The van der Waals surface area contributed by atoms with Crippen LogP contribution < -0.4 is 14.8 Å². The molecule has 7 nitrogen and oxygen atoms in total. The number of nitrogens with one attached hydrogen (secondary N) is 1. The molecule has 1 aromatic carbocycles. The third kappa shape index (κ3) is 7.42. The van der Waals surface area contributed by atoms with Gasteiger partial charge < -0.3 is 19.5 Å². The molecule has 0 bridgehead atoms.